The molecule has 1 atom stereocenters. The Morgan fingerprint density at radius 2 is 2.04 bits per heavy atom. The predicted molar refractivity (Wildman–Crippen MR) is 101 cm³/mol. The van der Waals surface area contributed by atoms with Crippen LogP contribution in [0.1, 0.15) is 24.1 Å². The number of urea groups is 1. The number of hydrogen-bond acceptors (Lipinski definition) is 3. The first kappa shape index (κ1) is 17.9. The zero-order valence-electron chi connectivity index (χ0n) is 14.6. The number of nitrogens with zero attached hydrogens (tertiary/aromatic N) is 4. The van der Waals surface area contributed by atoms with Crippen molar-refractivity contribution in [2.45, 2.75) is 19.5 Å². The number of amides is 2. The average Bonchev–Trinajstić information content (AvgIpc) is 3.20. The maximum absolute atomic E-state index is 12.4. The Hall–Kier alpha value is -2.86. The fourth-order valence-electron chi connectivity index (χ4n) is 2.60. The summed E-state index contributed by atoms with van der Waals surface area (Å²) in [5.41, 5.74) is 2.92. The fourth-order valence-corrected chi connectivity index (χ4v) is 2.81. The summed E-state index contributed by atoms with van der Waals surface area (Å²) in [6.45, 7) is 2.42. The van der Waals surface area contributed by atoms with E-state index in [2.05, 4.69) is 15.4 Å². The van der Waals surface area contributed by atoms with Crippen LogP contribution in [0.4, 0.5) is 4.79 Å². The van der Waals surface area contributed by atoms with Gasteiger partial charge in [-0.25, -0.2) is 14.5 Å². The molecule has 0 bridgehead atoms. The molecule has 7 heteroatoms. The third kappa shape index (κ3) is 4.21. The van der Waals surface area contributed by atoms with Gasteiger partial charge in [-0.15, -0.1) is 0 Å². The van der Waals surface area contributed by atoms with Gasteiger partial charge in [0.1, 0.15) is 12.7 Å². The number of carbonyl (C=O) groups excluding carboxylic acids is 1. The van der Waals surface area contributed by atoms with E-state index in [1.807, 2.05) is 55.5 Å². The number of carbonyl (C=O) groups is 1. The Morgan fingerprint density at radius 1 is 1.27 bits per heavy atom. The van der Waals surface area contributed by atoms with Crippen molar-refractivity contribution in [1.29, 1.82) is 0 Å². The average molecular weight is 370 g/mol. The van der Waals surface area contributed by atoms with Gasteiger partial charge in [0, 0.05) is 18.6 Å². The van der Waals surface area contributed by atoms with Gasteiger partial charge in [-0.1, -0.05) is 35.9 Å². The van der Waals surface area contributed by atoms with E-state index in [4.69, 9.17) is 11.6 Å². The van der Waals surface area contributed by atoms with E-state index in [1.54, 1.807) is 23.0 Å². The Labute approximate surface area is 157 Å². The van der Waals surface area contributed by atoms with E-state index in [1.165, 1.54) is 6.33 Å². The Bertz CT molecular complexity index is 864. The largest absolute Gasteiger partial charge is 0.334 e. The first-order chi connectivity index (χ1) is 12.5. The molecule has 1 heterocycles. The number of hydrogen-bond donors (Lipinski definition) is 1. The van der Waals surface area contributed by atoms with Crippen LogP contribution in [0.15, 0.2) is 61.2 Å². The van der Waals surface area contributed by atoms with Crippen molar-refractivity contribution in [3.8, 4) is 5.69 Å². The molecule has 6 nitrogen and oxygen atoms in total. The Balaban J connectivity index is 1.61. The number of aromatic nitrogens is 3. The minimum absolute atomic E-state index is 0.0702. The third-order valence-electron chi connectivity index (χ3n) is 4.29. The summed E-state index contributed by atoms with van der Waals surface area (Å²) in [6.07, 6.45) is 3.14. The summed E-state index contributed by atoms with van der Waals surface area (Å²) in [6, 6.07) is 15.1. The van der Waals surface area contributed by atoms with Gasteiger partial charge >= 0.3 is 6.03 Å². The molecule has 0 fully saturated rings. The van der Waals surface area contributed by atoms with Gasteiger partial charge < -0.3 is 10.2 Å². The molecule has 1 unspecified atom stereocenters. The third-order valence-corrected chi connectivity index (χ3v) is 4.53. The van der Waals surface area contributed by atoms with E-state index >= 15 is 0 Å². The molecular formula is C19H20ClN5O. The molecule has 2 amide bonds. The van der Waals surface area contributed by atoms with Crippen LogP contribution in [-0.4, -0.2) is 32.7 Å². The highest BCUT2D eigenvalue weighted by Gasteiger charge is 2.17. The van der Waals surface area contributed by atoms with Gasteiger partial charge in [0.2, 0.25) is 0 Å². The molecule has 26 heavy (non-hydrogen) atoms. The lowest BCUT2D eigenvalue weighted by atomic mass is 10.1. The molecule has 0 spiro atoms. The van der Waals surface area contributed by atoms with Crippen molar-refractivity contribution in [2.24, 2.45) is 0 Å². The lowest BCUT2D eigenvalue weighted by Gasteiger charge is -2.26. The van der Waals surface area contributed by atoms with Gasteiger partial charge in [0.25, 0.3) is 0 Å². The smallest absolute Gasteiger partial charge is 0.317 e. The normalized spacial score (nSPS) is 11.8. The highest BCUT2D eigenvalue weighted by Crippen LogP contribution is 2.20. The molecule has 0 aliphatic carbocycles. The summed E-state index contributed by atoms with van der Waals surface area (Å²) in [7, 11) is 1.78. The molecule has 2 aromatic carbocycles. The maximum atomic E-state index is 12.4. The fraction of sp³-hybridized carbons (Fsp3) is 0.211. The topological polar surface area (TPSA) is 63.1 Å². The molecule has 0 saturated heterocycles. The van der Waals surface area contributed by atoms with Gasteiger partial charge in [-0.3, -0.25) is 0 Å². The van der Waals surface area contributed by atoms with Gasteiger partial charge in [-0.05, 0) is 42.3 Å². The molecular weight excluding hydrogens is 350 g/mol. The van der Waals surface area contributed by atoms with Crippen LogP contribution in [0.25, 0.3) is 5.69 Å². The second-order valence-electron chi connectivity index (χ2n) is 6.01. The van der Waals surface area contributed by atoms with Gasteiger partial charge in [0.05, 0.1) is 11.7 Å². The van der Waals surface area contributed by atoms with Crippen molar-refractivity contribution in [1.82, 2.24) is 25.0 Å². The second kappa shape index (κ2) is 8.01. The molecule has 3 rings (SSSR count). The zero-order valence-corrected chi connectivity index (χ0v) is 15.4. The van der Waals surface area contributed by atoms with E-state index < -0.39 is 0 Å². The van der Waals surface area contributed by atoms with Crippen molar-refractivity contribution in [3.05, 3.63) is 77.3 Å². The number of rotatable bonds is 5. The lowest BCUT2D eigenvalue weighted by Crippen LogP contribution is -2.38. The molecule has 0 saturated carbocycles. The molecule has 0 aliphatic rings. The number of halogens is 1. The maximum Gasteiger partial charge on any atom is 0.317 e. The Kier molecular flexibility index (Phi) is 5.53. The van der Waals surface area contributed by atoms with Crippen LogP contribution in [0.5, 0.6) is 0 Å². The Morgan fingerprint density at radius 3 is 2.69 bits per heavy atom. The van der Waals surface area contributed by atoms with Gasteiger partial charge in [-0.2, -0.15) is 5.10 Å². The molecule has 1 N–H and O–H groups in total. The lowest BCUT2D eigenvalue weighted by molar-refractivity contribution is 0.194. The highest BCUT2D eigenvalue weighted by molar-refractivity contribution is 6.30. The summed E-state index contributed by atoms with van der Waals surface area (Å²) >= 11 is 5.97. The highest BCUT2D eigenvalue weighted by atomic mass is 35.5. The predicted octanol–water partition coefficient (Wildman–Crippen LogP) is 3.82. The van der Waals surface area contributed by atoms with Crippen molar-refractivity contribution >= 4 is 17.6 Å². The minimum Gasteiger partial charge on any atom is -0.334 e. The van der Waals surface area contributed by atoms with Crippen LogP contribution in [0.2, 0.25) is 5.02 Å². The van der Waals surface area contributed by atoms with Crippen LogP contribution in [-0.2, 0) is 6.54 Å². The summed E-state index contributed by atoms with van der Waals surface area (Å²) in [5.74, 6) is 0. The van der Waals surface area contributed by atoms with Crippen molar-refractivity contribution in [2.75, 3.05) is 7.05 Å². The van der Waals surface area contributed by atoms with E-state index in [0.29, 0.717) is 11.6 Å². The van der Waals surface area contributed by atoms with Crippen molar-refractivity contribution in [3.63, 3.8) is 0 Å². The quantitative estimate of drug-likeness (QED) is 0.743. The van der Waals surface area contributed by atoms with Crippen LogP contribution < -0.4 is 5.32 Å². The summed E-state index contributed by atoms with van der Waals surface area (Å²) in [5, 5.41) is 7.68. The molecule has 1 aromatic heterocycles. The monoisotopic (exact) mass is 369 g/mol. The summed E-state index contributed by atoms with van der Waals surface area (Å²) < 4.78 is 1.69. The molecule has 3 aromatic rings. The van der Waals surface area contributed by atoms with Crippen LogP contribution in [0.3, 0.4) is 0 Å². The second-order valence-corrected chi connectivity index (χ2v) is 6.44. The molecule has 0 aliphatic heterocycles. The van der Waals surface area contributed by atoms with Crippen LogP contribution >= 0.6 is 11.6 Å². The first-order valence-electron chi connectivity index (χ1n) is 8.24. The standard InChI is InChI=1S/C19H20ClN5O/c1-14(16-6-8-18(9-7-16)25-13-21-12-23-25)24(2)19(26)22-11-15-4-3-5-17(20)10-15/h3-10,12-14H,11H2,1-2H3,(H,22,26). The zero-order chi connectivity index (χ0) is 18.5. The van der Waals surface area contributed by atoms with Gasteiger partial charge in [0.15, 0.2) is 0 Å². The number of nitrogens with one attached hydrogen (secondary N) is 1. The minimum atomic E-state index is -0.141. The van der Waals surface area contributed by atoms with Crippen LogP contribution in [0, 0.1) is 0 Å². The summed E-state index contributed by atoms with van der Waals surface area (Å²) in [4.78, 5) is 18.0. The number of benzene rings is 2. The van der Waals surface area contributed by atoms with Crippen molar-refractivity contribution < 1.29 is 4.79 Å². The molecule has 0 radical (unpaired) electrons. The molecule has 134 valence electrons. The SMILES string of the molecule is CC(c1ccc(-n2cncn2)cc1)N(C)C(=O)NCc1cccc(Cl)c1. The first-order valence-corrected chi connectivity index (χ1v) is 8.62. The van der Waals surface area contributed by atoms with E-state index in [0.717, 1.165) is 16.8 Å². The van der Waals surface area contributed by atoms with E-state index in [9.17, 15) is 4.79 Å². The van der Waals surface area contributed by atoms with E-state index in [-0.39, 0.29) is 12.1 Å².